The van der Waals surface area contributed by atoms with E-state index in [0.717, 1.165) is 59.7 Å². The van der Waals surface area contributed by atoms with Gasteiger partial charge in [0, 0.05) is 13.1 Å². The predicted molar refractivity (Wildman–Crippen MR) is 110 cm³/mol. The van der Waals surface area contributed by atoms with Crippen molar-refractivity contribution >= 4 is 35.1 Å². The minimum Gasteiger partial charge on any atom is -0.493 e. The molecule has 0 atom stereocenters. The fraction of sp³-hybridized carbons (Fsp3) is 0.450. The van der Waals surface area contributed by atoms with E-state index in [0.29, 0.717) is 3.95 Å². The van der Waals surface area contributed by atoms with E-state index in [1.165, 1.54) is 21.5 Å². The molecule has 0 amide bonds. The van der Waals surface area contributed by atoms with Crippen molar-refractivity contribution in [3.63, 3.8) is 0 Å². The number of unbranched alkanes of at least 4 members (excludes halogenated alkanes) is 1. The van der Waals surface area contributed by atoms with Crippen LogP contribution in [-0.4, -0.2) is 27.3 Å². The molecule has 2 heterocycles. The number of hydrogen-bond donors (Lipinski definition) is 2. The van der Waals surface area contributed by atoms with Crippen LogP contribution in [0.25, 0.3) is 5.57 Å². The largest absolute Gasteiger partial charge is 0.493 e. The lowest BCUT2D eigenvalue weighted by atomic mass is 10.00. The summed E-state index contributed by atoms with van der Waals surface area (Å²) in [5.41, 5.74) is 2.33. The van der Waals surface area contributed by atoms with Crippen molar-refractivity contribution in [2.24, 2.45) is 4.99 Å². The smallest absolute Gasteiger partial charge is 0.305 e. The van der Waals surface area contributed by atoms with E-state index in [1.807, 2.05) is 0 Å². The highest BCUT2D eigenvalue weighted by Gasteiger charge is 2.17. The second kappa shape index (κ2) is 8.80. The van der Waals surface area contributed by atoms with Crippen LogP contribution in [0.3, 0.4) is 0 Å². The molecular weight excluding hydrogens is 380 g/mol. The van der Waals surface area contributed by atoms with E-state index in [1.54, 1.807) is 0 Å². The van der Waals surface area contributed by atoms with Gasteiger partial charge in [0.2, 0.25) is 5.88 Å². The fourth-order valence-corrected chi connectivity index (χ4v) is 4.77. The Hall–Kier alpha value is -1.99. The maximum Gasteiger partial charge on any atom is 0.305 e. The zero-order valence-corrected chi connectivity index (χ0v) is 17.0. The van der Waals surface area contributed by atoms with Gasteiger partial charge in [-0.25, -0.2) is 0 Å². The lowest BCUT2D eigenvalue weighted by Gasteiger charge is -2.10. The molecule has 3 rings (SSSR count). The number of nitrogens with zero attached hydrogens (tertiary/aromatic N) is 2. The van der Waals surface area contributed by atoms with Gasteiger partial charge in [-0.1, -0.05) is 19.4 Å². The first-order valence-electron chi connectivity index (χ1n) is 9.32. The first-order valence-corrected chi connectivity index (χ1v) is 10.5. The van der Waals surface area contributed by atoms with Gasteiger partial charge in [0.1, 0.15) is 0 Å². The van der Waals surface area contributed by atoms with Gasteiger partial charge >= 0.3 is 5.97 Å². The van der Waals surface area contributed by atoms with Crippen LogP contribution < -0.4 is 10.6 Å². The van der Waals surface area contributed by atoms with Crippen molar-refractivity contribution in [1.82, 2.24) is 4.57 Å². The van der Waals surface area contributed by atoms with Crippen LogP contribution in [0.15, 0.2) is 23.2 Å². The van der Waals surface area contributed by atoms with Gasteiger partial charge in [0.05, 0.1) is 16.7 Å². The second-order valence-electron chi connectivity index (χ2n) is 6.73. The third kappa shape index (κ3) is 4.47. The Bertz CT molecular complexity index is 1020. The molecule has 5 nitrogen and oxygen atoms in total. The van der Waals surface area contributed by atoms with Crippen LogP contribution >= 0.6 is 23.6 Å². The third-order valence-corrected chi connectivity index (χ3v) is 6.29. The summed E-state index contributed by atoms with van der Waals surface area (Å²) in [4.78, 5) is 16.2. The molecule has 0 unspecified atom stereocenters. The molecule has 0 spiro atoms. The van der Waals surface area contributed by atoms with Crippen molar-refractivity contribution in [2.75, 3.05) is 6.54 Å². The Morgan fingerprint density at radius 1 is 1.37 bits per heavy atom. The van der Waals surface area contributed by atoms with Crippen molar-refractivity contribution in [3.8, 4) is 5.88 Å². The van der Waals surface area contributed by atoms with Crippen LogP contribution in [0.2, 0.25) is 0 Å². The minimum absolute atomic E-state index is 0.0668. The highest BCUT2D eigenvalue weighted by Crippen LogP contribution is 2.34. The van der Waals surface area contributed by atoms with Crippen LogP contribution in [-0.2, 0) is 17.8 Å². The van der Waals surface area contributed by atoms with E-state index in [-0.39, 0.29) is 18.8 Å². The van der Waals surface area contributed by atoms with Gasteiger partial charge in [-0.2, -0.15) is 0 Å². The molecule has 1 aliphatic rings. The second-order valence-corrected chi connectivity index (χ2v) is 8.37. The van der Waals surface area contributed by atoms with Gasteiger partial charge in [-0.05, 0) is 66.4 Å². The number of carboxylic acids is 1. The number of fused-ring (bicyclic) bond motifs is 1. The normalized spacial score (nSPS) is 14.4. The van der Waals surface area contributed by atoms with Crippen LogP contribution in [0.4, 0.5) is 0 Å². The fourth-order valence-electron chi connectivity index (χ4n) is 3.34. The minimum atomic E-state index is -0.905. The van der Waals surface area contributed by atoms with Crippen molar-refractivity contribution < 1.29 is 15.0 Å². The average molecular weight is 405 g/mol. The molecule has 0 aliphatic carbocycles. The third-order valence-electron chi connectivity index (χ3n) is 4.79. The first kappa shape index (κ1) is 19.8. The summed E-state index contributed by atoms with van der Waals surface area (Å²) < 4.78 is 2.04. The number of benzene rings is 1. The number of aryl methyl sites for hydroxylation is 1. The first-order chi connectivity index (χ1) is 13.0. The van der Waals surface area contributed by atoms with Crippen LogP contribution in [0.5, 0.6) is 5.88 Å². The highest BCUT2D eigenvalue weighted by molar-refractivity contribution is 7.73. The molecule has 0 bridgehead atoms. The lowest BCUT2D eigenvalue weighted by Crippen LogP contribution is -2.21. The zero-order chi connectivity index (χ0) is 19.4. The number of thiazole rings is 1. The number of rotatable bonds is 7. The predicted octanol–water partition coefficient (Wildman–Crippen LogP) is 3.41. The van der Waals surface area contributed by atoms with Gasteiger partial charge < -0.3 is 10.2 Å². The molecule has 2 N–H and O–H groups in total. The summed E-state index contributed by atoms with van der Waals surface area (Å²) in [7, 11) is 0. The van der Waals surface area contributed by atoms with E-state index in [4.69, 9.17) is 17.3 Å². The van der Waals surface area contributed by atoms with E-state index >= 15 is 0 Å². The van der Waals surface area contributed by atoms with E-state index in [9.17, 15) is 9.90 Å². The Labute approximate surface area is 167 Å². The molecule has 1 aromatic carbocycles. The van der Waals surface area contributed by atoms with E-state index < -0.39 is 5.97 Å². The maximum absolute atomic E-state index is 10.9. The number of aliphatic carboxylic acids is 1. The van der Waals surface area contributed by atoms with Crippen molar-refractivity contribution in [3.05, 3.63) is 43.2 Å². The number of aromatic nitrogens is 1. The molecule has 0 fully saturated rings. The Kier molecular flexibility index (Phi) is 6.44. The summed E-state index contributed by atoms with van der Waals surface area (Å²) in [6.45, 7) is 3.21. The molecular formula is C20H24N2O3S2. The quantitative estimate of drug-likeness (QED) is 0.694. The maximum atomic E-state index is 10.9. The number of carbonyl (C=O) groups is 1. The summed E-state index contributed by atoms with van der Waals surface area (Å²) in [6.07, 6.45) is 4.92. The zero-order valence-electron chi connectivity index (χ0n) is 15.4. The summed E-state index contributed by atoms with van der Waals surface area (Å²) >= 11 is 6.75. The summed E-state index contributed by atoms with van der Waals surface area (Å²) in [5.74, 6) is -0.822. The Morgan fingerprint density at radius 3 is 2.93 bits per heavy atom. The molecule has 144 valence electrons. The van der Waals surface area contributed by atoms with Crippen molar-refractivity contribution in [2.45, 2.75) is 52.0 Å². The Balaban J connectivity index is 2.13. The monoisotopic (exact) mass is 404 g/mol. The van der Waals surface area contributed by atoms with Crippen molar-refractivity contribution in [1.29, 1.82) is 0 Å². The molecule has 2 aromatic rings. The number of hydrogen-bond acceptors (Lipinski definition) is 5. The van der Waals surface area contributed by atoms with E-state index in [2.05, 4.69) is 30.1 Å². The molecule has 0 radical (unpaired) electrons. The SMILES string of the molecule is CCCCC(c1sc(=S)n(CCC(=O)O)c1O)=c1ccc2c(c1)CCCN=2. The number of aromatic hydroxyl groups is 1. The average Bonchev–Trinajstić information content (AvgIpc) is 2.94. The van der Waals surface area contributed by atoms with Crippen LogP contribution in [0, 0.1) is 3.95 Å². The van der Waals surface area contributed by atoms with Gasteiger partial charge in [0.15, 0.2) is 3.95 Å². The molecule has 1 aromatic heterocycles. The Morgan fingerprint density at radius 2 is 2.19 bits per heavy atom. The van der Waals surface area contributed by atoms with Gasteiger partial charge in [-0.15, -0.1) is 11.3 Å². The summed E-state index contributed by atoms with van der Waals surface area (Å²) in [5, 5.41) is 21.9. The van der Waals surface area contributed by atoms with Crippen LogP contribution in [0.1, 0.15) is 49.5 Å². The highest BCUT2D eigenvalue weighted by atomic mass is 32.1. The summed E-state index contributed by atoms with van der Waals surface area (Å²) in [6, 6.07) is 6.32. The molecule has 7 heteroatoms. The molecule has 0 saturated carbocycles. The van der Waals surface area contributed by atoms with Gasteiger partial charge in [0.25, 0.3) is 0 Å². The molecule has 27 heavy (non-hydrogen) atoms. The lowest BCUT2D eigenvalue weighted by molar-refractivity contribution is -0.137. The molecule has 0 saturated heterocycles. The number of carboxylic acid groups (broad SMARTS) is 1. The topological polar surface area (TPSA) is 74.8 Å². The standard InChI is InChI=1S/C20H24N2O3S2/c1-2-3-6-15(13-7-8-16-14(12-13)5-4-10-21-16)18-19(25)22(20(26)27-18)11-9-17(23)24/h7-8,12,25H,2-6,9-11H2,1H3,(H,23,24). The molecule has 1 aliphatic heterocycles. The van der Waals surface area contributed by atoms with Gasteiger partial charge in [-0.3, -0.25) is 14.4 Å².